The Hall–Kier alpha value is -4.44. The van der Waals surface area contributed by atoms with Gasteiger partial charge in [0.1, 0.15) is 11.5 Å². The number of aromatic nitrogens is 6. The number of rotatable bonds is 5. The van der Waals surface area contributed by atoms with E-state index in [1.807, 2.05) is 18.5 Å². The largest absolute Gasteiger partial charge is 0.381 e. The normalized spacial score (nSPS) is 14.4. The maximum Gasteiger partial charge on any atom is 0.249 e. The topological polar surface area (TPSA) is 113 Å². The molecular formula is C26H22FN7O2. The Balaban J connectivity index is 1.49. The lowest BCUT2D eigenvalue weighted by molar-refractivity contribution is 0.0699. The molecular weight excluding hydrogens is 461 g/mol. The van der Waals surface area contributed by atoms with Crippen LogP contribution in [0.4, 0.5) is 4.39 Å². The van der Waals surface area contributed by atoms with Gasteiger partial charge < -0.3 is 15.0 Å². The highest BCUT2D eigenvalue weighted by Gasteiger charge is 2.24. The zero-order valence-corrected chi connectivity index (χ0v) is 19.2. The van der Waals surface area contributed by atoms with Crippen LogP contribution in [0.3, 0.4) is 0 Å². The standard InChI is InChI=1S/C26H22FN7O2/c27-17-3-1-16(2-4-17)24-25(33(15-30-24)18-8-11-36-12-9-18)21-5-6-23-31-22(14-34(23)32-21)20-13-29-10-7-19(20)26(28)35/h1-7,10,13-15,18H,8-9,11-12H2,(H2,28,35). The number of amides is 1. The van der Waals surface area contributed by atoms with Crippen LogP contribution in [0.5, 0.6) is 0 Å². The molecule has 1 aromatic carbocycles. The molecule has 10 heteroatoms. The summed E-state index contributed by atoms with van der Waals surface area (Å²) in [4.78, 5) is 25.4. The molecule has 0 aliphatic carbocycles. The van der Waals surface area contributed by atoms with Gasteiger partial charge in [-0.15, -0.1) is 0 Å². The fourth-order valence-electron chi connectivity index (χ4n) is 4.63. The fourth-order valence-corrected chi connectivity index (χ4v) is 4.63. The van der Waals surface area contributed by atoms with Crippen molar-refractivity contribution in [2.24, 2.45) is 5.73 Å². The van der Waals surface area contributed by atoms with Crippen molar-refractivity contribution in [1.29, 1.82) is 0 Å². The van der Waals surface area contributed by atoms with Gasteiger partial charge in [-0.1, -0.05) is 0 Å². The van der Waals surface area contributed by atoms with Gasteiger partial charge in [-0.2, -0.15) is 5.10 Å². The highest BCUT2D eigenvalue weighted by atomic mass is 19.1. The fraction of sp³-hybridized carbons (Fsp3) is 0.192. The number of imidazole rings is 2. The van der Waals surface area contributed by atoms with Gasteiger partial charge in [0.25, 0.3) is 0 Å². The molecule has 0 saturated carbocycles. The van der Waals surface area contributed by atoms with Gasteiger partial charge in [0.2, 0.25) is 5.91 Å². The Morgan fingerprint density at radius 3 is 2.64 bits per heavy atom. The molecule has 0 radical (unpaired) electrons. The van der Waals surface area contributed by atoms with E-state index in [4.69, 9.17) is 20.6 Å². The molecule has 4 aromatic heterocycles. The van der Waals surface area contributed by atoms with Crippen LogP contribution in [0.15, 0.2) is 67.4 Å². The molecule has 1 fully saturated rings. The molecule has 9 nitrogen and oxygen atoms in total. The number of nitrogens with two attached hydrogens (primary N) is 1. The first kappa shape index (κ1) is 22.1. The number of ether oxygens (including phenoxy) is 1. The Labute approximate surface area is 205 Å². The molecule has 0 bridgehead atoms. The molecule has 36 heavy (non-hydrogen) atoms. The average Bonchev–Trinajstić information content (AvgIpc) is 3.54. The van der Waals surface area contributed by atoms with E-state index >= 15 is 0 Å². The van der Waals surface area contributed by atoms with Crippen molar-refractivity contribution >= 4 is 11.6 Å². The number of fused-ring (bicyclic) bond motifs is 1. The van der Waals surface area contributed by atoms with Crippen molar-refractivity contribution in [3.05, 3.63) is 78.8 Å². The van der Waals surface area contributed by atoms with Crippen LogP contribution >= 0.6 is 0 Å². The number of carbonyl (C=O) groups excluding carboxylic acids is 1. The Morgan fingerprint density at radius 1 is 1.06 bits per heavy atom. The van der Waals surface area contributed by atoms with E-state index in [0.717, 1.165) is 29.8 Å². The van der Waals surface area contributed by atoms with Gasteiger partial charge in [0.05, 0.1) is 35.2 Å². The third kappa shape index (κ3) is 3.91. The lowest BCUT2D eigenvalue weighted by Gasteiger charge is -2.25. The summed E-state index contributed by atoms with van der Waals surface area (Å²) in [6, 6.07) is 11.8. The minimum absolute atomic E-state index is 0.208. The van der Waals surface area contributed by atoms with Crippen LogP contribution in [-0.4, -0.2) is 48.3 Å². The van der Waals surface area contributed by atoms with E-state index in [1.165, 1.54) is 18.3 Å². The predicted octanol–water partition coefficient (Wildman–Crippen LogP) is 3.91. The minimum Gasteiger partial charge on any atom is -0.381 e. The zero-order chi connectivity index (χ0) is 24.6. The molecule has 180 valence electrons. The van der Waals surface area contributed by atoms with Gasteiger partial charge in [0.15, 0.2) is 5.65 Å². The highest BCUT2D eigenvalue weighted by Crippen LogP contribution is 2.35. The Kier molecular flexibility index (Phi) is 5.49. The van der Waals surface area contributed by atoms with Crippen molar-refractivity contribution in [3.8, 4) is 33.9 Å². The number of hydrogen-bond acceptors (Lipinski definition) is 6. The second-order valence-corrected chi connectivity index (χ2v) is 8.63. The summed E-state index contributed by atoms with van der Waals surface area (Å²) in [5.74, 6) is -0.859. The lowest BCUT2D eigenvalue weighted by atomic mass is 10.1. The van der Waals surface area contributed by atoms with Crippen molar-refractivity contribution in [2.45, 2.75) is 18.9 Å². The van der Waals surface area contributed by atoms with Crippen LogP contribution < -0.4 is 5.73 Å². The molecule has 5 heterocycles. The van der Waals surface area contributed by atoms with E-state index in [2.05, 4.69) is 14.5 Å². The van der Waals surface area contributed by atoms with E-state index < -0.39 is 5.91 Å². The maximum atomic E-state index is 13.6. The first-order valence-corrected chi connectivity index (χ1v) is 11.6. The maximum absolute atomic E-state index is 13.6. The van der Waals surface area contributed by atoms with Crippen LogP contribution in [0.1, 0.15) is 29.2 Å². The second-order valence-electron chi connectivity index (χ2n) is 8.63. The first-order valence-electron chi connectivity index (χ1n) is 11.6. The summed E-state index contributed by atoms with van der Waals surface area (Å²) in [5.41, 5.74) is 10.6. The summed E-state index contributed by atoms with van der Waals surface area (Å²) in [5, 5.41) is 4.85. The van der Waals surface area contributed by atoms with Crippen molar-refractivity contribution in [3.63, 3.8) is 0 Å². The third-order valence-corrected chi connectivity index (χ3v) is 6.42. The number of hydrogen-bond donors (Lipinski definition) is 1. The predicted molar refractivity (Wildman–Crippen MR) is 130 cm³/mol. The number of carbonyl (C=O) groups is 1. The van der Waals surface area contributed by atoms with Gasteiger partial charge in [-0.05, 0) is 55.3 Å². The molecule has 5 aromatic rings. The summed E-state index contributed by atoms with van der Waals surface area (Å²) in [7, 11) is 0. The van der Waals surface area contributed by atoms with Gasteiger partial charge in [0, 0.05) is 42.8 Å². The monoisotopic (exact) mass is 483 g/mol. The van der Waals surface area contributed by atoms with Gasteiger partial charge in [-0.25, -0.2) is 18.9 Å². The van der Waals surface area contributed by atoms with Gasteiger partial charge in [-0.3, -0.25) is 9.78 Å². The van der Waals surface area contributed by atoms with E-state index in [0.29, 0.717) is 41.4 Å². The molecule has 6 rings (SSSR count). The molecule has 1 amide bonds. The van der Waals surface area contributed by atoms with Crippen LogP contribution in [0.25, 0.3) is 39.5 Å². The van der Waals surface area contributed by atoms with Crippen LogP contribution in [0, 0.1) is 5.82 Å². The van der Waals surface area contributed by atoms with E-state index in [9.17, 15) is 9.18 Å². The first-order chi connectivity index (χ1) is 17.6. The molecule has 2 N–H and O–H groups in total. The minimum atomic E-state index is -0.553. The van der Waals surface area contributed by atoms with Crippen molar-refractivity contribution in [1.82, 2.24) is 29.1 Å². The van der Waals surface area contributed by atoms with Crippen LogP contribution in [-0.2, 0) is 4.74 Å². The summed E-state index contributed by atoms with van der Waals surface area (Å²) >= 11 is 0. The number of primary amides is 1. The second kappa shape index (κ2) is 8.97. The van der Waals surface area contributed by atoms with Gasteiger partial charge >= 0.3 is 0 Å². The van der Waals surface area contributed by atoms with E-state index in [1.54, 1.807) is 35.1 Å². The van der Waals surface area contributed by atoms with E-state index in [-0.39, 0.29) is 11.9 Å². The molecule has 1 saturated heterocycles. The summed E-state index contributed by atoms with van der Waals surface area (Å²) in [6.45, 7) is 1.36. The van der Waals surface area contributed by atoms with Crippen molar-refractivity contribution < 1.29 is 13.9 Å². The SMILES string of the molecule is NC(=O)c1ccncc1-c1cn2nc(-c3c(-c4ccc(F)cc4)ncn3C3CCOCC3)ccc2n1. The Bertz CT molecular complexity index is 1570. The summed E-state index contributed by atoms with van der Waals surface area (Å²) < 4.78 is 23.0. The molecule has 1 aliphatic heterocycles. The molecule has 0 atom stereocenters. The molecule has 0 unspecified atom stereocenters. The zero-order valence-electron chi connectivity index (χ0n) is 19.2. The number of pyridine rings is 1. The lowest BCUT2D eigenvalue weighted by Crippen LogP contribution is -2.20. The summed E-state index contributed by atoms with van der Waals surface area (Å²) in [6.07, 6.45) is 8.38. The molecule has 1 aliphatic rings. The third-order valence-electron chi connectivity index (χ3n) is 6.42. The number of benzene rings is 1. The quantitative estimate of drug-likeness (QED) is 0.406. The van der Waals surface area contributed by atoms with Crippen molar-refractivity contribution in [2.75, 3.05) is 13.2 Å². The average molecular weight is 484 g/mol. The Morgan fingerprint density at radius 2 is 1.86 bits per heavy atom. The van der Waals surface area contributed by atoms with Crippen LogP contribution in [0.2, 0.25) is 0 Å². The highest BCUT2D eigenvalue weighted by molar-refractivity contribution is 5.99. The smallest absolute Gasteiger partial charge is 0.249 e. The molecule has 0 spiro atoms. The number of nitrogens with zero attached hydrogens (tertiary/aromatic N) is 6. The number of halogens is 1.